The zero-order valence-electron chi connectivity index (χ0n) is 10.00. The number of hydrogen-bond acceptors (Lipinski definition) is 1. The number of nitrogens with one attached hydrogen (secondary N) is 1. The van der Waals surface area contributed by atoms with E-state index in [2.05, 4.69) is 49.5 Å². The highest BCUT2D eigenvalue weighted by atomic mass is 14.8. The Hall–Kier alpha value is -0.820. The summed E-state index contributed by atoms with van der Waals surface area (Å²) in [6, 6.07) is 10.8. The van der Waals surface area contributed by atoms with E-state index in [4.69, 9.17) is 0 Å². The van der Waals surface area contributed by atoms with Gasteiger partial charge < -0.3 is 5.32 Å². The van der Waals surface area contributed by atoms with Crippen molar-refractivity contribution in [2.45, 2.75) is 39.0 Å². The summed E-state index contributed by atoms with van der Waals surface area (Å²) in [5.41, 5.74) is 1.45. The van der Waals surface area contributed by atoms with Gasteiger partial charge in [-0.05, 0) is 37.4 Å². The van der Waals surface area contributed by atoms with E-state index in [0.717, 1.165) is 13.1 Å². The molecule has 0 bridgehead atoms. The molecule has 1 N–H and O–H groups in total. The predicted octanol–water partition coefficient (Wildman–Crippen LogP) is 3.57. The van der Waals surface area contributed by atoms with Gasteiger partial charge in [-0.2, -0.15) is 0 Å². The molecule has 0 aromatic heterocycles. The van der Waals surface area contributed by atoms with Crippen LogP contribution in [0.25, 0.3) is 0 Å². The lowest BCUT2D eigenvalue weighted by atomic mass is 9.98. The van der Waals surface area contributed by atoms with Crippen LogP contribution in [0.2, 0.25) is 0 Å². The number of benzene rings is 1. The van der Waals surface area contributed by atoms with E-state index in [1.807, 2.05) is 0 Å². The van der Waals surface area contributed by atoms with Gasteiger partial charge in [0.2, 0.25) is 0 Å². The zero-order chi connectivity index (χ0) is 10.9. The fourth-order valence-electron chi connectivity index (χ4n) is 1.69. The van der Waals surface area contributed by atoms with Crippen molar-refractivity contribution in [3.8, 4) is 0 Å². The van der Waals surface area contributed by atoms with Gasteiger partial charge in [-0.3, -0.25) is 0 Å². The first-order valence-electron chi connectivity index (χ1n) is 6.10. The fraction of sp³-hybridized carbons (Fsp3) is 0.571. The van der Waals surface area contributed by atoms with E-state index in [-0.39, 0.29) is 0 Å². The van der Waals surface area contributed by atoms with Gasteiger partial charge in [-0.15, -0.1) is 0 Å². The molecule has 84 valence electrons. The first kappa shape index (κ1) is 12.3. The second-order valence-corrected chi connectivity index (χ2v) is 4.20. The summed E-state index contributed by atoms with van der Waals surface area (Å²) >= 11 is 0. The third-order valence-electron chi connectivity index (χ3n) is 2.83. The summed E-state index contributed by atoms with van der Waals surface area (Å²) in [6.45, 7) is 6.83. The largest absolute Gasteiger partial charge is 0.317 e. The molecular formula is C14H23N. The van der Waals surface area contributed by atoms with E-state index < -0.39 is 0 Å². The molecule has 0 unspecified atom stereocenters. The van der Waals surface area contributed by atoms with Crippen molar-refractivity contribution >= 4 is 0 Å². The summed E-state index contributed by atoms with van der Waals surface area (Å²) in [7, 11) is 0. The number of rotatable bonds is 7. The minimum absolute atomic E-state index is 0.667. The van der Waals surface area contributed by atoms with Gasteiger partial charge in [0, 0.05) is 0 Å². The van der Waals surface area contributed by atoms with Crippen LogP contribution in [0.1, 0.15) is 44.6 Å². The number of hydrogen-bond donors (Lipinski definition) is 1. The molecule has 0 spiro atoms. The number of unbranched alkanes of at least 4 members (excludes halogenated alkanes) is 1. The summed E-state index contributed by atoms with van der Waals surface area (Å²) in [6.07, 6.45) is 3.80. The quantitative estimate of drug-likeness (QED) is 0.671. The second kappa shape index (κ2) is 7.47. The Kier molecular flexibility index (Phi) is 6.10. The van der Waals surface area contributed by atoms with Crippen molar-refractivity contribution in [3.63, 3.8) is 0 Å². The zero-order valence-corrected chi connectivity index (χ0v) is 10.00. The molecule has 0 saturated heterocycles. The predicted molar refractivity (Wildman–Crippen MR) is 67.3 cm³/mol. The minimum Gasteiger partial charge on any atom is -0.317 e. The Bertz CT molecular complexity index is 243. The lowest BCUT2D eigenvalue weighted by Gasteiger charge is -2.12. The summed E-state index contributed by atoms with van der Waals surface area (Å²) in [4.78, 5) is 0. The van der Waals surface area contributed by atoms with E-state index in [0.29, 0.717) is 5.92 Å². The highest BCUT2D eigenvalue weighted by Gasteiger charge is 2.03. The molecule has 0 aliphatic heterocycles. The third kappa shape index (κ3) is 4.98. The second-order valence-electron chi connectivity index (χ2n) is 4.20. The van der Waals surface area contributed by atoms with E-state index in [9.17, 15) is 0 Å². The lowest BCUT2D eigenvalue weighted by molar-refractivity contribution is 0.578. The Morgan fingerprint density at radius 1 is 1.13 bits per heavy atom. The highest BCUT2D eigenvalue weighted by Crippen LogP contribution is 2.17. The molecule has 1 nitrogen and oxygen atoms in total. The summed E-state index contributed by atoms with van der Waals surface area (Å²) in [5, 5.41) is 3.49. The molecule has 0 amide bonds. The van der Waals surface area contributed by atoms with E-state index >= 15 is 0 Å². The normalized spacial score (nSPS) is 12.7. The molecule has 0 aliphatic rings. The van der Waals surface area contributed by atoms with Gasteiger partial charge >= 0.3 is 0 Å². The molecule has 15 heavy (non-hydrogen) atoms. The summed E-state index contributed by atoms with van der Waals surface area (Å²) < 4.78 is 0. The fourth-order valence-corrected chi connectivity index (χ4v) is 1.69. The Morgan fingerprint density at radius 3 is 2.53 bits per heavy atom. The molecule has 1 aromatic rings. The molecule has 0 aliphatic carbocycles. The molecule has 0 fully saturated rings. The van der Waals surface area contributed by atoms with Crippen molar-refractivity contribution in [1.82, 2.24) is 5.32 Å². The molecule has 1 aromatic carbocycles. The van der Waals surface area contributed by atoms with Crippen LogP contribution in [0.3, 0.4) is 0 Å². The molecule has 1 heteroatoms. The van der Waals surface area contributed by atoms with Crippen LogP contribution in [-0.4, -0.2) is 13.1 Å². The van der Waals surface area contributed by atoms with Gasteiger partial charge in [-0.1, -0.05) is 50.6 Å². The van der Waals surface area contributed by atoms with Crippen LogP contribution in [0.5, 0.6) is 0 Å². The molecule has 1 rings (SSSR count). The summed E-state index contributed by atoms with van der Waals surface area (Å²) in [5.74, 6) is 0.667. The van der Waals surface area contributed by atoms with E-state index in [1.165, 1.54) is 24.8 Å². The van der Waals surface area contributed by atoms with Crippen molar-refractivity contribution in [3.05, 3.63) is 35.9 Å². The van der Waals surface area contributed by atoms with Gasteiger partial charge in [0.25, 0.3) is 0 Å². The van der Waals surface area contributed by atoms with Crippen LogP contribution < -0.4 is 5.32 Å². The molecule has 1 atom stereocenters. The van der Waals surface area contributed by atoms with E-state index in [1.54, 1.807) is 0 Å². The first-order valence-corrected chi connectivity index (χ1v) is 6.10. The van der Waals surface area contributed by atoms with Crippen LogP contribution >= 0.6 is 0 Å². The highest BCUT2D eigenvalue weighted by molar-refractivity contribution is 5.18. The Labute approximate surface area is 93.9 Å². The van der Waals surface area contributed by atoms with Crippen LogP contribution in [0, 0.1) is 0 Å². The molecular weight excluding hydrogens is 182 g/mol. The Balaban J connectivity index is 2.16. The first-order chi connectivity index (χ1) is 7.34. The third-order valence-corrected chi connectivity index (χ3v) is 2.83. The maximum atomic E-state index is 3.49. The van der Waals surface area contributed by atoms with Crippen molar-refractivity contribution < 1.29 is 0 Å². The average molecular weight is 205 g/mol. The molecule has 0 saturated carbocycles. The van der Waals surface area contributed by atoms with Crippen molar-refractivity contribution in [2.75, 3.05) is 13.1 Å². The van der Waals surface area contributed by atoms with Crippen molar-refractivity contribution in [1.29, 1.82) is 0 Å². The molecule has 0 heterocycles. The van der Waals surface area contributed by atoms with Crippen molar-refractivity contribution in [2.24, 2.45) is 0 Å². The molecule has 0 radical (unpaired) electrons. The lowest BCUT2D eigenvalue weighted by Crippen LogP contribution is -2.18. The topological polar surface area (TPSA) is 12.0 Å². The van der Waals surface area contributed by atoms with Gasteiger partial charge in [0.05, 0.1) is 0 Å². The van der Waals surface area contributed by atoms with Gasteiger partial charge in [0.15, 0.2) is 0 Å². The monoisotopic (exact) mass is 205 g/mol. The van der Waals surface area contributed by atoms with Gasteiger partial charge in [-0.25, -0.2) is 0 Å². The van der Waals surface area contributed by atoms with Crippen LogP contribution in [-0.2, 0) is 0 Å². The smallest absolute Gasteiger partial charge is 0.00432 e. The van der Waals surface area contributed by atoms with Crippen LogP contribution in [0.4, 0.5) is 0 Å². The minimum atomic E-state index is 0.667. The maximum Gasteiger partial charge on any atom is -0.00432 e. The average Bonchev–Trinajstić information content (AvgIpc) is 2.30. The SMILES string of the molecule is CCCCNCC[C@H](C)c1ccccc1. The standard InChI is InChI=1S/C14H23N/c1-3-4-11-15-12-10-13(2)14-8-6-5-7-9-14/h5-9,13,15H,3-4,10-12H2,1-2H3/t13-/m0/s1. The Morgan fingerprint density at radius 2 is 1.87 bits per heavy atom. The maximum absolute atomic E-state index is 3.49. The van der Waals surface area contributed by atoms with Gasteiger partial charge in [0.1, 0.15) is 0 Å². The van der Waals surface area contributed by atoms with Crippen LogP contribution in [0.15, 0.2) is 30.3 Å².